The van der Waals surface area contributed by atoms with Gasteiger partial charge in [0, 0.05) is 0 Å². The van der Waals surface area contributed by atoms with Crippen LogP contribution in [0.15, 0.2) is 30.3 Å². The van der Waals surface area contributed by atoms with Crippen molar-refractivity contribution in [2.45, 2.75) is 11.8 Å². The molecule has 5 N–H and O–H groups in total. The van der Waals surface area contributed by atoms with Crippen LogP contribution in [0.1, 0.15) is 11.7 Å². The molecule has 0 aliphatic carbocycles. The van der Waals surface area contributed by atoms with Gasteiger partial charge in [-0.1, -0.05) is 30.3 Å². The number of carboxylic acids is 1. The van der Waals surface area contributed by atoms with E-state index in [0.717, 1.165) is 0 Å². The van der Waals surface area contributed by atoms with Crippen molar-refractivity contribution in [1.82, 2.24) is 0 Å². The van der Waals surface area contributed by atoms with E-state index < -0.39 is 17.8 Å². The fraction of sp³-hybridized carbons (Fsp3) is 0.222. The van der Waals surface area contributed by atoms with Gasteiger partial charge in [-0.05, 0) is 5.56 Å². The standard InChI is InChI=1S/C9H11NO4/c10-9(14,8(12)13)7(11)6-4-2-1-3-5-6/h1-5,7,11,14H,10H2,(H,12,13)/t7-,9-/m0/s1. The molecule has 2 atom stereocenters. The van der Waals surface area contributed by atoms with Crippen LogP contribution in [0.4, 0.5) is 0 Å². The normalized spacial score (nSPS) is 17.1. The lowest BCUT2D eigenvalue weighted by Crippen LogP contribution is -2.52. The molecule has 0 aliphatic rings. The summed E-state index contributed by atoms with van der Waals surface area (Å²) in [6.45, 7) is 0. The Morgan fingerprint density at radius 2 is 1.86 bits per heavy atom. The van der Waals surface area contributed by atoms with Crippen molar-refractivity contribution >= 4 is 5.97 Å². The quantitative estimate of drug-likeness (QED) is 0.487. The van der Waals surface area contributed by atoms with Gasteiger partial charge in [-0.15, -0.1) is 0 Å². The van der Waals surface area contributed by atoms with Crippen LogP contribution in [0, 0.1) is 0 Å². The molecule has 0 amide bonds. The summed E-state index contributed by atoms with van der Waals surface area (Å²) in [7, 11) is 0. The first-order valence-electron chi connectivity index (χ1n) is 3.94. The summed E-state index contributed by atoms with van der Waals surface area (Å²) >= 11 is 0. The Balaban J connectivity index is 2.96. The summed E-state index contributed by atoms with van der Waals surface area (Å²) in [5.74, 6) is -1.67. The van der Waals surface area contributed by atoms with Crippen molar-refractivity contribution in [2.75, 3.05) is 0 Å². The minimum absolute atomic E-state index is 0.250. The predicted octanol–water partition coefficient (Wildman–Crippen LogP) is -0.548. The average Bonchev–Trinajstić information content (AvgIpc) is 2.17. The number of hydrogen-bond acceptors (Lipinski definition) is 4. The van der Waals surface area contributed by atoms with Crippen LogP contribution in [0.5, 0.6) is 0 Å². The summed E-state index contributed by atoms with van der Waals surface area (Å²) in [5, 5.41) is 27.2. The van der Waals surface area contributed by atoms with Crippen molar-refractivity contribution < 1.29 is 20.1 Å². The fourth-order valence-electron chi connectivity index (χ4n) is 1.01. The molecule has 0 aromatic heterocycles. The Labute approximate surface area is 80.4 Å². The maximum atomic E-state index is 10.5. The number of carbonyl (C=O) groups is 1. The van der Waals surface area contributed by atoms with E-state index in [1.54, 1.807) is 18.2 Å². The lowest BCUT2D eigenvalue weighted by Gasteiger charge is -2.24. The molecule has 0 radical (unpaired) electrons. The van der Waals surface area contributed by atoms with Crippen molar-refractivity contribution in [3.05, 3.63) is 35.9 Å². The van der Waals surface area contributed by atoms with Crippen LogP contribution >= 0.6 is 0 Å². The van der Waals surface area contributed by atoms with Crippen molar-refractivity contribution in [2.24, 2.45) is 5.73 Å². The smallest absolute Gasteiger partial charge is 0.354 e. The second kappa shape index (κ2) is 3.75. The Hall–Kier alpha value is -1.43. The third-order valence-electron chi connectivity index (χ3n) is 1.87. The molecule has 76 valence electrons. The molecular weight excluding hydrogens is 186 g/mol. The van der Waals surface area contributed by atoms with E-state index in [2.05, 4.69) is 0 Å². The lowest BCUT2D eigenvalue weighted by molar-refractivity contribution is -0.171. The number of carboxylic acid groups (broad SMARTS) is 1. The third-order valence-corrected chi connectivity index (χ3v) is 1.87. The summed E-state index contributed by atoms with van der Waals surface area (Å²) in [6.07, 6.45) is -1.65. The molecule has 1 rings (SSSR count). The number of nitrogens with two attached hydrogens (primary N) is 1. The summed E-state index contributed by atoms with van der Waals surface area (Å²) in [4.78, 5) is 10.5. The zero-order valence-corrected chi connectivity index (χ0v) is 7.29. The van der Waals surface area contributed by atoms with Crippen LogP contribution in [-0.4, -0.2) is 27.0 Å². The van der Waals surface area contributed by atoms with E-state index in [0.29, 0.717) is 0 Å². The molecule has 14 heavy (non-hydrogen) atoms. The van der Waals surface area contributed by atoms with Gasteiger partial charge in [0.15, 0.2) is 0 Å². The molecule has 0 heterocycles. The van der Waals surface area contributed by atoms with Gasteiger partial charge in [0.25, 0.3) is 0 Å². The SMILES string of the molecule is N[C@@](O)(C(=O)O)[C@@H](O)c1ccccc1. The first kappa shape index (κ1) is 10.6. The molecule has 0 saturated carbocycles. The van der Waals surface area contributed by atoms with Gasteiger partial charge >= 0.3 is 5.97 Å². The molecule has 0 bridgehead atoms. The Bertz CT molecular complexity index is 323. The van der Waals surface area contributed by atoms with Gasteiger partial charge in [0.2, 0.25) is 5.72 Å². The van der Waals surface area contributed by atoms with Gasteiger partial charge < -0.3 is 15.3 Å². The highest BCUT2D eigenvalue weighted by molar-refractivity contribution is 5.77. The highest BCUT2D eigenvalue weighted by Crippen LogP contribution is 2.21. The molecule has 0 unspecified atom stereocenters. The van der Waals surface area contributed by atoms with E-state index in [9.17, 15) is 15.0 Å². The number of aliphatic carboxylic acids is 1. The first-order valence-corrected chi connectivity index (χ1v) is 3.94. The largest absolute Gasteiger partial charge is 0.478 e. The Morgan fingerprint density at radius 3 is 2.29 bits per heavy atom. The number of benzene rings is 1. The zero-order chi connectivity index (χ0) is 10.8. The van der Waals surface area contributed by atoms with E-state index in [-0.39, 0.29) is 5.56 Å². The van der Waals surface area contributed by atoms with Gasteiger partial charge in [-0.2, -0.15) is 0 Å². The Morgan fingerprint density at radius 1 is 1.36 bits per heavy atom. The molecular formula is C9H11NO4. The predicted molar refractivity (Wildman–Crippen MR) is 48.2 cm³/mol. The van der Waals surface area contributed by atoms with Gasteiger partial charge in [0.05, 0.1) is 0 Å². The van der Waals surface area contributed by atoms with Crippen LogP contribution < -0.4 is 5.73 Å². The molecule has 0 spiro atoms. The number of hydrogen-bond donors (Lipinski definition) is 4. The summed E-state index contributed by atoms with van der Waals surface area (Å²) in [6, 6.07) is 7.87. The van der Waals surface area contributed by atoms with Gasteiger partial charge in [0.1, 0.15) is 6.10 Å². The molecule has 5 nitrogen and oxygen atoms in total. The molecule has 0 aliphatic heterocycles. The number of rotatable bonds is 3. The molecule has 1 aromatic carbocycles. The topological polar surface area (TPSA) is 104 Å². The van der Waals surface area contributed by atoms with Crippen LogP contribution in [-0.2, 0) is 4.79 Å². The Kier molecular flexibility index (Phi) is 2.85. The second-order valence-electron chi connectivity index (χ2n) is 2.94. The molecule has 5 heteroatoms. The number of aliphatic hydroxyl groups excluding tert-OH is 1. The monoisotopic (exact) mass is 197 g/mol. The van der Waals surface area contributed by atoms with E-state index in [4.69, 9.17) is 10.8 Å². The van der Waals surface area contributed by atoms with E-state index in [1.165, 1.54) is 12.1 Å². The van der Waals surface area contributed by atoms with E-state index in [1.807, 2.05) is 0 Å². The van der Waals surface area contributed by atoms with Crippen LogP contribution in [0.3, 0.4) is 0 Å². The van der Waals surface area contributed by atoms with Gasteiger partial charge in [-0.25, -0.2) is 4.79 Å². The average molecular weight is 197 g/mol. The highest BCUT2D eigenvalue weighted by atomic mass is 16.4. The molecule has 0 fully saturated rings. The fourth-order valence-corrected chi connectivity index (χ4v) is 1.01. The van der Waals surface area contributed by atoms with Crippen LogP contribution in [0.2, 0.25) is 0 Å². The van der Waals surface area contributed by atoms with Crippen LogP contribution in [0.25, 0.3) is 0 Å². The van der Waals surface area contributed by atoms with Gasteiger partial charge in [-0.3, -0.25) is 5.73 Å². The maximum absolute atomic E-state index is 10.5. The summed E-state index contributed by atoms with van der Waals surface area (Å²) in [5.41, 5.74) is 2.63. The second-order valence-corrected chi connectivity index (χ2v) is 2.94. The lowest BCUT2D eigenvalue weighted by atomic mass is 10.00. The maximum Gasteiger partial charge on any atom is 0.354 e. The van der Waals surface area contributed by atoms with E-state index >= 15 is 0 Å². The summed E-state index contributed by atoms with van der Waals surface area (Å²) < 4.78 is 0. The highest BCUT2D eigenvalue weighted by Gasteiger charge is 2.40. The number of aliphatic hydroxyl groups is 2. The third kappa shape index (κ3) is 1.90. The minimum Gasteiger partial charge on any atom is -0.478 e. The molecule has 1 aromatic rings. The van der Waals surface area contributed by atoms with Crippen molar-refractivity contribution in [1.29, 1.82) is 0 Å². The van der Waals surface area contributed by atoms with Crippen molar-refractivity contribution in [3.63, 3.8) is 0 Å². The minimum atomic E-state index is -2.67. The molecule has 0 saturated heterocycles. The van der Waals surface area contributed by atoms with Crippen molar-refractivity contribution in [3.8, 4) is 0 Å². The first-order chi connectivity index (χ1) is 6.46. The zero-order valence-electron chi connectivity index (χ0n) is 7.29.